The van der Waals surface area contributed by atoms with Crippen molar-refractivity contribution in [2.45, 2.75) is 18.9 Å². The third-order valence-electron chi connectivity index (χ3n) is 3.31. The molecule has 0 bridgehead atoms. The largest absolute Gasteiger partial charge is 0.330 e. The summed E-state index contributed by atoms with van der Waals surface area (Å²) in [6.07, 6.45) is 0.497. The van der Waals surface area contributed by atoms with Crippen LogP contribution in [0, 0.1) is 5.92 Å². The van der Waals surface area contributed by atoms with Crippen molar-refractivity contribution in [3.05, 3.63) is 0 Å². The van der Waals surface area contributed by atoms with Crippen molar-refractivity contribution in [1.82, 2.24) is 9.80 Å². The van der Waals surface area contributed by atoms with Gasteiger partial charge in [0.05, 0.1) is 6.42 Å². The summed E-state index contributed by atoms with van der Waals surface area (Å²) in [5.41, 5.74) is 5.50. The van der Waals surface area contributed by atoms with Gasteiger partial charge in [-0.1, -0.05) is 0 Å². The van der Waals surface area contributed by atoms with Gasteiger partial charge in [-0.2, -0.15) is 0 Å². The second kappa shape index (κ2) is 3.86. The molecule has 6 nitrogen and oxygen atoms in total. The molecule has 2 saturated heterocycles. The Kier molecular flexibility index (Phi) is 2.67. The molecule has 88 valence electrons. The number of rotatable bonds is 2. The summed E-state index contributed by atoms with van der Waals surface area (Å²) in [5.74, 6) is -0.465. The lowest BCUT2D eigenvalue weighted by atomic mass is 10.1. The quantitative estimate of drug-likeness (QED) is 0.583. The third-order valence-corrected chi connectivity index (χ3v) is 3.31. The van der Waals surface area contributed by atoms with Gasteiger partial charge in [0.25, 0.3) is 5.91 Å². The fourth-order valence-corrected chi connectivity index (χ4v) is 2.25. The van der Waals surface area contributed by atoms with Crippen LogP contribution in [0.4, 0.5) is 0 Å². The van der Waals surface area contributed by atoms with Gasteiger partial charge in [0, 0.05) is 20.0 Å². The number of nitrogens with two attached hydrogens (primary N) is 1. The van der Waals surface area contributed by atoms with Gasteiger partial charge >= 0.3 is 0 Å². The molecule has 2 heterocycles. The van der Waals surface area contributed by atoms with Crippen LogP contribution in [0.15, 0.2) is 0 Å². The van der Waals surface area contributed by atoms with Crippen LogP contribution in [-0.2, 0) is 14.4 Å². The Morgan fingerprint density at radius 3 is 2.38 bits per heavy atom. The first-order valence-corrected chi connectivity index (χ1v) is 5.34. The number of hydrogen-bond donors (Lipinski definition) is 1. The molecule has 3 amide bonds. The van der Waals surface area contributed by atoms with Gasteiger partial charge in [-0.3, -0.25) is 19.3 Å². The summed E-state index contributed by atoms with van der Waals surface area (Å²) in [6.45, 7) is 0.930. The lowest BCUT2D eigenvalue weighted by Crippen LogP contribution is -2.42. The molecule has 0 aliphatic carbocycles. The molecule has 2 N–H and O–H groups in total. The molecular formula is C10H15N3O3. The van der Waals surface area contributed by atoms with Gasteiger partial charge in [0.2, 0.25) is 11.8 Å². The summed E-state index contributed by atoms with van der Waals surface area (Å²) in [4.78, 5) is 37.3. The molecule has 0 aromatic carbocycles. The number of carbonyl (C=O) groups excluding carboxylic acids is 3. The maximum absolute atomic E-state index is 11.7. The maximum atomic E-state index is 11.7. The minimum atomic E-state index is -0.596. The van der Waals surface area contributed by atoms with E-state index in [1.165, 1.54) is 11.9 Å². The highest BCUT2D eigenvalue weighted by atomic mass is 16.2. The number of likely N-dealkylation sites (N-methyl/N-ethyl adjacent to an activating group) is 1. The normalized spacial score (nSPS) is 30.8. The van der Waals surface area contributed by atoms with Crippen LogP contribution in [0.1, 0.15) is 12.8 Å². The van der Waals surface area contributed by atoms with Gasteiger partial charge in [0.15, 0.2) is 0 Å². The number of likely N-dealkylation sites (tertiary alicyclic amines) is 2. The molecule has 2 unspecified atom stereocenters. The molecule has 2 rings (SSSR count). The second-order valence-corrected chi connectivity index (χ2v) is 4.36. The first-order valence-electron chi connectivity index (χ1n) is 5.34. The van der Waals surface area contributed by atoms with E-state index in [9.17, 15) is 14.4 Å². The lowest BCUT2D eigenvalue weighted by Gasteiger charge is -2.21. The molecule has 0 aromatic heterocycles. The van der Waals surface area contributed by atoms with Crippen LogP contribution in [0.2, 0.25) is 0 Å². The number of nitrogens with zero attached hydrogens (tertiary/aromatic N) is 2. The molecule has 2 fully saturated rings. The molecule has 16 heavy (non-hydrogen) atoms. The van der Waals surface area contributed by atoms with Gasteiger partial charge in [-0.25, -0.2) is 0 Å². The third kappa shape index (κ3) is 1.59. The van der Waals surface area contributed by atoms with Crippen molar-refractivity contribution in [3.63, 3.8) is 0 Å². The fraction of sp³-hybridized carbons (Fsp3) is 0.700. The van der Waals surface area contributed by atoms with Crippen molar-refractivity contribution in [2.75, 3.05) is 20.1 Å². The first-order chi connectivity index (χ1) is 7.54. The fourth-order valence-electron chi connectivity index (χ4n) is 2.25. The smallest absolute Gasteiger partial charge is 0.252 e. The van der Waals surface area contributed by atoms with Crippen LogP contribution < -0.4 is 5.73 Å². The average Bonchev–Trinajstić information content (AvgIpc) is 2.74. The van der Waals surface area contributed by atoms with Gasteiger partial charge in [-0.05, 0) is 12.5 Å². The molecule has 0 aromatic rings. The summed E-state index contributed by atoms with van der Waals surface area (Å²) in [5, 5.41) is 0. The van der Waals surface area contributed by atoms with Gasteiger partial charge < -0.3 is 10.6 Å². The van der Waals surface area contributed by atoms with E-state index in [-0.39, 0.29) is 30.1 Å². The number of imide groups is 1. The van der Waals surface area contributed by atoms with E-state index < -0.39 is 6.04 Å². The molecule has 0 spiro atoms. The number of hydrogen-bond acceptors (Lipinski definition) is 4. The minimum Gasteiger partial charge on any atom is -0.330 e. The summed E-state index contributed by atoms with van der Waals surface area (Å²) in [6, 6.07) is -0.596. The van der Waals surface area contributed by atoms with E-state index in [0.717, 1.165) is 4.90 Å². The van der Waals surface area contributed by atoms with Gasteiger partial charge in [-0.15, -0.1) is 0 Å². The Morgan fingerprint density at radius 1 is 1.25 bits per heavy atom. The van der Waals surface area contributed by atoms with Crippen LogP contribution in [0.5, 0.6) is 0 Å². The standard InChI is InChI=1S/C10H15N3O3/c1-12-8(14)3-7(10(12)16)13-5-6(4-11)2-9(13)15/h6-7H,2-5,11H2,1H3. The first kappa shape index (κ1) is 11.1. The van der Waals surface area contributed by atoms with E-state index >= 15 is 0 Å². The van der Waals surface area contributed by atoms with E-state index in [2.05, 4.69) is 0 Å². The Balaban J connectivity index is 2.12. The molecule has 2 atom stereocenters. The van der Waals surface area contributed by atoms with Crippen LogP contribution in [-0.4, -0.2) is 53.7 Å². The molecular weight excluding hydrogens is 210 g/mol. The zero-order chi connectivity index (χ0) is 11.9. The monoisotopic (exact) mass is 225 g/mol. The van der Waals surface area contributed by atoms with E-state index in [1.54, 1.807) is 0 Å². The zero-order valence-corrected chi connectivity index (χ0v) is 9.18. The van der Waals surface area contributed by atoms with E-state index in [0.29, 0.717) is 19.5 Å². The molecule has 0 radical (unpaired) electrons. The number of carbonyl (C=O) groups is 3. The zero-order valence-electron chi connectivity index (χ0n) is 9.18. The maximum Gasteiger partial charge on any atom is 0.252 e. The minimum absolute atomic E-state index is 0.0723. The number of amides is 3. The Morgan fingerprint density at radius 2 is 1.94 bits per heavy atom. The molecule has 0 saturated carbocycles. The highest BCUT2D eigenvalue weighted by molar-refractivity contribution is 6.06. The summed E-state index contributed by atoms with van der Waals surface area (Å²) in [7, 11) is 1.45. The topological polar surface area (TPSA) is 83.7 Å². The van der Waals surface area contributed by atoms with Crippen LogP contribution in [0.3, 0.4) is 0 Å². The molecule has 6 heteroatoms. The predicted octanol–water partition coefficient (Wildman–Crippen LogP) is -1.45. The lowest BCUT2D eigenvalue weighted by molar-refractivity contribution is -0.141. The summed E-state index contributed by atoms with van der Waals surface area (Å²) >= 11 is 0. The van der Waals surface area contributed by atoms with Crippen molar-refractivity contribution in [3.8, 4) is 0 Å². The second-order valence-electron chi connectivity index (χ2n) is 4.36. The highest BCUT2D eigenvalue weighted by Gasteiger charge is 2.44. The predicted molar refractivity (Wildman–Crippen MR) is 55.1 cm³/mol. The van der Waals surface area contributed by atoms with E-state index in [4.69, 9.17) is 5.73 Å². The van der Waals surface area contributed by atoms with Crippen LogP contribution in [0.25, 0.3) is 0 Å². The molecule has 2 aliphatic rings. The SMILES string of the molecule is CN1C(=O)CC(N2CC(CN)CC2=O)C1=O. The van der Waals surface area contributed by atoms with E-state index in [1.807, 2.05) is 0 Å². The van der Waals surface area contributed by atoms with Crippen molar-refractivity contribution in [2.24, 2.45) is 11.7 Å². The Bertz CT molecular complexity index is 355. The van der Waals surface area contributed by atoms with Gasteiger partial charge in [0.1, 0.15) is 6.04 Å². The van der Waals surface area contributed by atoms with Crippen molar-refractivity contribution in [1.29, 1.82) is 0 Å². The highest BCUT2D eigenvalue weighted by Crippen LogP contribution is 2.25. The Hall–Kier alpha value is -1.43. The summed E-state index contributed by atoms with van der Waals surface area (Å²) < 4.78 is 0. The molecule has 2 aliphatic heterocycles. The van der Waals surface area contributed by atoms with Crippen LogP contribution >= 0.6 is 0 Å². The average molecular weight is 225 g/mol. The van der Waals surface area contributed by atoms with Crippen molar-refractivity contribution >= 4 is 17.7 Å². The Labute approximate surface area is 93.4 Å². The van der Waals surface area contributed by atoms with Crippen molar-refractivity contribution < 1.29 is 14.4 Å².